The summed E-state index contributed by atoms with van der Waals surface area (Å²) in [4.78, 5) is 37.5. The lowest BCUT2D eigenvalue weighted by atomic mass is 9.83. The summed E-state index contributed by atoms with van der Waals surface area (Å²) >= 11 is 17.8. The van der Waals surface area contributed by atoms with E-state index in [0.29, 0.717) is 19.0 Å². The fourth-order valence-corrected chi connectivity index (χ4v) is 5.94. The van der Waals surface area contributed by atoms with Gasteiger partial charge in [-0.1, -0.05) is 41.7 Å². The van der Waals surface area contributed by atoms with Crippen molar-refractivity contribution in [1.82, 2.24) is 15.3 Å². The Morgan fingerprint density at radius 3 is 2.17 bits per heavy atom. The van der Waals surface area contributed by atoms with Gasteiger partial charge < -0.3 is 20.2 Å². The number of Topliss-reactive ketones (excluding diaryl/α,β-unsaturated/α-hetero) is 1. The van der Waals surface area contributed by atoms with Gasteiger partial charge in [-0.05, 0) is 83.6 Å². The largest absolute Gasteiger partial charge is 0.483 e. The van der Waals surface area contributed by atoms with Crippen molar-refractivity contribution in [3.63, 3.8) is 0 Å². The Balaban J connectivity index is 0.000000283. The number of ketones is 1. The lowest BCUT2D eigenvalue weighted by molar-refractivity contribution is -0.123. The van der Waals surface area contributed by atoms with Crippen molar-refractivity contribution in [3.05, 3.63) is 38.6 Å². The molecule has 0 aromatic carbocycles. The first-order valence-corrected chi connectivity index (χ1v) is 14.9. The molecule has 1 aromatic heterocycles. The molecule has 1 aliphatic carbocycles. The number of pyridine rings is 1. The van der Waals surface area contributed by atoms with Gasteiger partial charge in [-0.15, -0.1) is 0 Å². The number of amides is 1. The van der Waals surface area contributed by atoms with Gasteiger partial charge in [0.15, 0.2) is 5.78 Å². The Bertz CT molecular complexity index is 1070. The molecule has 4 rings (SSSR count). The monoisotopic (exact) mass is 630 g/mol. The van der Waals surface area contributed by atoms with Crippen LogP contribution in [0.5, 0.6) is 0 Å². The van der Waals surface area contributed by atoms with Gasteiger partial charge in [-0.2, -0.15) is 5.10 Å². The zero-order valence-corrected chi connectivity index (χ0v) is 26.4. The van der Waals surface area contributed by atoms with E-state index in [1.807, 2.05) is 13.8 Å². The molecule has 3 fully saturated rings. The molecule has 0 atom stereocenters. The summed E-state index contributed by atoms with van der Waals surface area (Å²) in [6.07, 6.45) is 14.2. The number of ether oxygens (including phenoxy) is 1. The van der Waals surface area contributed by atoms with E-state index in [4.69, 9.17) is 49.4 Å². The number of nitrogens with one attached hydrogen (secondary N) is 1. The molecular formula is C29H41Cl3N4O5. The van der Waals surface area contributed by atoms with Crippen molar-refractivity contribution in [2.75, 3.05) is 13.1 Å². The number of rotatable bonds is 9. The maximum absolute atomic E-state index is 12.5. The van der Waals surface area contributed by atoms with Crippen LogP contribution in [0.3, 0.4) is 0 Å². The second-order valence-electron chi connectivity index (χ2n) is 11.3. The summed E-state index contributed by atoms with van der Waals surface area (Å²) in [6, 6.07) is 0.556. The van der Waals surface area contributed by atoms with Crippen molar-refractivity contribution < 1.29 is 24.2 Å². The lowest BCUT2D eigenvalue weighted by Crippen LogP contribution is -2.42. The maximum Gasteiger partial charge on any atom is 0.290 e. The van der Waals surface area contributed by atoms with Gasteiger partial charge >= 0.3 is 0 Å². The number of aromatic nitrogens is 1. The molecule has 0 radical (unpaired) electrons. The number of hydrogen-bond acceptors (Lipinski definition) is 7. The minimum Gasteiger partial charge on any atom is -0.483 e. The van der Waals surface area contributed by atoms with Crippen molar-refractivity contribution in [1.29, 1.82) is 0 Å². The molecule has 9 nitrogen and oxygen atoms in total. The average Bonchev–Trinajstić information content (AvgIpc) is 3.43. The van der Waals surface area contributed by atoms with Crippen LogP contribution in [0.25, 0.3) is 0 Å². The van der Waals surface area contributed by atoms with Crippen LogP contribution < -0.4 is 5.43 Å². The fourth-order valence-electron chi connectivity index (χ4n) is 5.31. The molecule has 1 saturated carbocycles. The molecule has 228 valence electrons. The van der Waals surface area contributed by atoms with Gasteiger partial charge in [0.2, 0.25) is 6.41 Å². The van der Waals surface area contributed by atoms with Gasteiger partial charge in [-0.3, -0.25) is 19.4 Å². The summed E-state index contributed by atoms with van der Waals surface area (Å²) in [5, 5.41) is 12.3. The molecule has 2 N–H and O–H groups in total. The number of fused-ring (bicyclic) bond motifs is 2. The van der Waals surface area contributed by atoms with E-state index >= 15 is 0 Å². The van der Waals surface area contributed by atoms with Crippen LogP contribution >= 0.6 is 34.8 Å². The normalized spacial score (nSPS) is 27.1. The van der Waals surface area contributed by atoms with Crippen molar-refractivity contribution >= 4 is 59.7 Å². The topological polar surface area (TPSA) is 121 Å². The zero-order valence-electron chi connectivity index (χ0n) is 24.2. The number of nitrogens with zero attached hydrogens (tertiary/aromatic N) is 3. The van der Waals surface area contributed by atoms with Crippen LogP contribution in [0.4, 0.5) is 0 Å². The van der Waals surface area contributed by atoms with Gasteiger partial charge in [0.25, 0.3) is 6.47 Å². The van der Waals surface area contributed by atoms with Crippen LogP contribution in [0.1, 0.15) is 89.4 Å². The molecular weight excluding hydrogens is 591 g/mol. The summed E-state index contributed by atoms with van der Waals surface area (Å²) in [5.41, 5.74) is 4.04. The van der Waals surface area contributed by atoms with Crippen LogP contribution in [0.15, 0.2) is 28.1 Å². The lowest BCUT2D eigenvalue weighted by Gasteiger charge is -2.30. The standard InChI is InChI=1S/C16H18Cl2N2O3.C12H21ClN2.CH2O2/c1-15-2-4-16(23-15,5-3-15)9-20(10-21)8-13(22)14-11(17)6-19-7-12(14)18;1-9-4-6-12(7-5-9)15-14-8-10(2)11(3)13;2-1-3/h6-7,10H,2-5,8-9H2,1H3;8-9,12,15H,4-7H2,1-3H3;1H,(H,2,3)/b;11-10+,14-8-;. The van der Waals surface area contributed by atoms with E-state index in [2.05, 4.69) is 29.4 Å². The van der Waals surface area contributed by atoms with Crippen molar-refractivity contribution in [2.45, 2.75) is 96.3 Å². The van der Waals surface area contributed by atoms with E-state index in [1.165, 1.54) is 43.0 Å². The van der Waals surface area contributed by atoms with Crippen LogP contribution in [0, 0.1) is 5.92 Å². The number of halogens is 3. The average molecular weight is 632 g/mol. The predicted molar refractivity (Wildman–Crippen MR) is 163 cm³/mol. The highest BCUT2D eigenvalue weighted by molar-refractivity contribution is 6.39. The Kier molecular flexibility index (Phi) is 14.0. The van der Waals surface area contributed by atoms with Gasteiger partial charge in [0.1, 0.15) is 0 Å². The van der Waals surface area contributed by atoms with E-state index < -0.39 is 0 Å². The van der Waals surface area contributed by atoms with Gasteiger partial charge in [0.05, 0.1) is 39.6 Å². The first-order chi connectivity index (χ1) is 19.4. The predicted octanol–water partition coefficient (Wildman–Crippen LogP) is 6.51. The van der Waals surface area contributed by atoms with Crippen molar-refractivity contribution in [2.24, 2.45) is 11.0 Å². The third-order valence-corrected chi connectivity index (χ3v) is 8.75. The van der Waals surface area contributed by atoms with Crippen LogP contribution in [-0.4, -0.2) is 70.2 Å². The highest BCUT2D eigenvalue weighted by Gasteiger charge is 2.53. The number of hydrazone groups is 1. The SMILES string of the molecule is C/C(Cl)=C(C)\C=N/NC1CCC(C)CC1.CC12CCC(CN(C=O)CC(=O)c3c(Cl)cncc3Cl)(CC1)O2.O=CO. The molecule has 3 heterocycles. The summed E-state index contributed by atoms with van der Waals surface area (Å²) in [6.45, 7) is 8.37. The number of carbonyl (C=O) groups excluding carboxylic acids is 2. The van der Waals surface area contributed by atoms with Gasteiger partial charge in [0, 0.05) is 30.0 Å². The highest BCUT2D eigenvalue weighted by atomic mass is 35.5. The smallest absolute Gasteiger partial charge is 0.290 e. The fraction of sp³-hybridized carbons (Fsp3) is 0.621. The molecule has 2 aliphatic heterocycles. The Hall–Kier alpha value is -2.20. The number of carboxylic acid groups (broad SMARTS) is 1. The second kappa shape index (κ2) is 16.4. The summed E-state index contributed by atoms with van der Waals surface area (Å²) < 4.78 is 6.14. The summed E-state index contributed by atoms with van der Waals surface area (Å²) in [5.74, 6) is 0.586. The molecule has 0 unspecified atom stereocenters. The van der Waals surface area contributed by atoms with E-state index in [0.717, 1.165) is 42.2 Å². The van der Waals surface area contributed by atoms with E-state index in [-0.39, 0.29) is 45.6 Å². The molecule has 0 spiro atoms. The highest BCUT2D eigenvalue weighted by Crippen LogP contribution is 2.50. The maximum atomic E-state index is 12.5. The van der Waals surface area contributed by atoms with Crippen LogP contribution in [-0.2, 0) is 14.3 Å². The Morgan fingerprint density at radius 1 is 1.15 bits per heavy atom. The third-order valence-electron chi connectivity index (χ3n) is 7.88. The quantitative estimate of drug-likeness (QED) is 0.138. The minimum atomic E-state index is -0.318. The Labute approximate surface area is 257 Å². The number of carbonyl (C=O) groups is 3. The van der Waals surface area contributed by atoms with Crippen LogP contribution in [0.2, 0.25) is 10.0 Å². The first kappa shape index (κ1) is 35.0. The summed E-state index contributed by atoms with van der Waals surface area (Å²) in [7, 11) is 0. The second-order valence-corrected chi connectivity index (χ2v) is 12.7. The molecule has 2 saturated heterocycles. The van der Waals surface area contributed by atoms with E-state index in [9.17, 15) is 9.59 Å². The third kappa shape index (κ3) is 10.9. The molecule has 12 heteroatoms. The molecule has 1 aromatic rings. The van der Waals surface area contributed by atoms with E-state index in [1.54, 1.807) is 6.21 Å². The molecule has 1 amide bonds. The Morgan fingerprint density at radius 2 is 1.71 bits per heavy atom. The number of hydrogen-bond donors (Lipinski definition) is 2. The van der Waals surface area contributed by atoms with Crippen molar-refractivity contribution in [3.8, 4) is 0 Å². The van der Waals surface area contributed by atoms with Gasteiger partial charge in [-0.25, -0.2) is 0 Å². The first-order valence-electron chi connectivity index (χ1n) is 13.8. The molecule has 3 aliphatic rings. The molecule has 41 heavy (non-hydrogen) atoms. The zero-order chi connectivity index (χ0) is 30.6. The minimum absolute atomic E-state index is 0.0731. The molecule has 2 bridgehead atoms. The number of allylic oxidation sites excluding steroid dienone is 2.